The molecule has 1 atom stereocenters. The highest BCUT2D eigenvalue weighted by molar-refractivity contribution is 9.10. The molecule has 1 aliphatic rings. The summed E-state index contributed by atoms with van der Waals surface area (Å²) in [6.07, 6.45) is 0.407. The number of benzene rings is 1. The summed E-state index contributed by atoms with van der Waals surface area (Å²) in [5.41, 5.74) is 3.50. The summed E-state index contributed by atoms with van der Waals surface area (Å²) in [6.45, 7) is 9.43. The molecule has 1 heterocycles. The maximum atomic E-state index is 10.4. The van der Waals surface area contributed by atoms with Gasteiger partial charge in [-0.15, -0.1) is 0 Å². The van der Waals surface area contributed by atoms with E-state index in [9.17, 15) is 5.11 Å². The largest absolute Gasteiger partial charge is 0.388 e. The maximum absolute atomic E-state index is 10.4. The highest BCUT2D eigenvalue weighted by Gasteiger charge is 2.15. The molecule has 1 saturated heterocycles. The lowest BCUT2D eigenvalue weighted by Gasteiger charge is -2.28. The number of halogens is 1. The van der Waals surface area contributed by atoms with E-state index in [1.54, 1.807) is 0 Å². The van der Waals surface area contributed by atoms with Crippen LogP contribution in [0.5, 0.6) is 0 Å². The monoisotopic (exact) mass is 326 g/mol. The lowest BCUT2D eigenvalue weighted by molar-refractivity contribution is 0.136. The van der Waals surface area contributed by atoms with Crippen molar-refractivity contribution in [1.82, 2.24) is 10.2 Å². The smallest absolute Gasteiger partial charge is 0.0813 e. The summed E-state index contributed by atoms with van der Waals surface area (Å²) >= 11 is 3.56. The van der Waals surface area contributed by atoms with E-state index >= 15 is 0 Å². The molecule has 3 nitrogen and oxygen atoms in total. The Bertz CT molecular complexity index is 430. The lowest BCUT2D eigenvalue weighted by atomic mass is 10.0. The number of piperazine rings is 1. The standard InChI is InChI=1S/C15H23BrN2O/c1-11-9-13(14(16)10-12(11)2)15(19)3-6-18-7-4-17-5-8-18/h9-10,15,17,19H,3-8H2,1-2H3. The minimum Gasteiger partial charge on any atom is -0.388 e. The van der Waals surface area contributed by atoms with Crippen LogP contribution in [0.15, 0.2) is 16.6 Å². The molecule has 1 aromatic rings. The Labute approximate surface area is 124 Å². The second-order valence-corrected chi connectivity index (χ2v) is 6.21. The van der Waals surface area contributed by atoms with Crippen LogP contribution >= 0.6 is 15.9 Å². The lowest BCUT2D eigenvalue weighted by Crippen LogP contribution is -2.44. The van der Waals surface area contributed by atoms with Crippen LogP contribution in [0.4, 0.5) is 0 Å². The van der Waals surface area contributed by atoms with Crippen molar-refractivity contribution in [3.63, 3.8) is 0 Å². The van der Waals surface area contributed by atoms with Crippen molar-refractivity contribution in [1.29, 1.82) is 0 Å². The van der Waals surface area contributed by atoms with E-state index in [2.05, 4.69) is 52.1 Å². The Kier molecular flexibility index (Phi) is 5.39. The Morgan fingerprint density at radius 2 is 1.89 bits per heavy atom. The minimum atomic E-state index is -0.386. The summed E-state index contributed by atoms with van der Waals surface area (Å²) in [4.78, 5) is 2.41. The summed E-state index contributed by atoms with van der Waals surface area (Å²) in [7, 11) is 0. The predicted molar refractivity (Wildman–Crippen MR) is 82.5 cm³/mol. The van der Waals surface area contributed by atoms with Crippen molar-refractivity contribution >= 4 is 15.9 Å². The summed E-state index contributed by atoms with van der Waals surface area (Å²) in [6, 6.07) is 4.19. The summed E-state index contributed by atoms with van der Waals surface area (Å²) < 4.78 is 1.02. The van der Waals surface area contributed by atoms with Gasteiger partial charge in [0, 0.05) is 37.2 Å². The van der Waals surface area contributed by atoms with E-state index in [0.717, 1.165) is 49.2 Å². The Balaban J connectivity index is 1.95. The SMILES string of the molecule is Cc1cc(Br)c(C(O)CCN2CCNCC2)cc1C. The molecule has 0 radical (unpaired) electrons. The van der Waals surface area contributed by atoms with Gasteiger partial charge < -0.3 is 15.3 Å². The topological polar surface area (TPSA) is 35.5 Å². The molecule has 0 spiro atoms. The second-order valence-electron chi connectivity index (χ2n) is 5.35. The number of aliphatic hydroxyl groups is 1. The van der Waals surface area contributed by atoms with Gasteiger partial charge in [0.25, 0.3) is 0 Å². The van der Waals surface area contributed by atoms with Gasteiger partial charge in [0.05, 0.1) is 6.10 Å². The Morgan fingerprint density at radius 3 is 2.58 bits per heavy atom. The van der Waals surface area contributed by atoms with Gasteiger partial charge >= 0.3 is 0 Å². The minimum absolute atomic E-state index is 0.386. The molecule has 0 aromatic heterocycles. The van der Waals surface area contributed by atoms with Crippen molar-refractivity contribution in [2.24, 2.45) is 0 Å². The fourth-order valence-corrected chi connectivity index (χ4v) is 3.18. The number of hydrogen-bond acceptors (Lipinski definition) is 3. The molecule has 2 rings (SSSR count). The van der Waals surface area contributed by atoms with E-state index in [0.29, 0.717) is 0 Å². The normalized spacial score (nSPS) is 18.5. The number of hydrogen-bond donors (Lipinski definition) is 2. The fourth-order valence-electron chi connectivity index (χ4n) is 2.45. The Morgan fingerprint density at radius 1 is 1.26 bits per heavy atom. The van der Waals surface area contributed by atoms with Gasteiger partial charge in [-0.1, -0.05) is 22.0 Å². The van der Waals surface area contributed by atoms with Gasteiger partial charge in [-0.05, 0) is 43.0 Å². The van der Waals surface area contributed by atoms with E-state index in [1.165, 1.54) is 11.1 Å². The van der Waals surface area contributed by atoms with Gasteiger partial charge in [-0.2, -0.15) is 0 Å². The highest BCUT2D eigenvalue weighted by atomic mass is 79.9. The first kappa shape index (κ1) is 15.0. The van der Waals surface area contributed by atoms with E-state index < -0.39 is 0 Å². The highest BCUT2D eigenvalue weighted by Crippen LogP contribution is 2.28. The van der Waals surface area contributed by atoms with Gasteiger partial charge in [-0.25, -0.2) is 0 Å². The van der Waals surface area contributed by atoms with E-state index in [4.69, 9.17) is 0 Å². The molecule has 1 aliphatic heterocycles. The third kappa shape index (κ3) is 4.02. The molecule has 106 valence electrons. The summed E-state index contributed by atoms with van der Waals surface area (Å²) in [5, 5.41) is 13.7. The molecule has 19 heavy (non-hydrogen) atoms. The molecular weight excluding hydrogens is 304 g/mol. The van der Waals surface area contributed by atoms with Crippen LogP contribution in [-0.2, 0) is 0 Å². The summed E-state index contributed by atoms with van der Waals surface area (Å²) in [5.74, 6) is 0. The average molecular weight is 327 g/mol. The van der Waals surface area contributed by atoms with Crippen molar-refractivity contribution < 1.29 is 5.11 Å². The van der Waals surface area contributed by atoms with Crippen LogP contribution in [0.25, 0.3) is 0 Å². The molecule has 0 bridgehead atoms. The molecule has 0 amide bonds. The zero-order chi connectivity index (χ0) is 13.8. The van der Waals surface area contributed by atoms with Crippen molar-refractivity contribution in [3.05, 3.63) is 33.3 Å². The molecule has 2 N–H and O–H groups in total. The predicted octanol–water partition coefficient (Wildman–Crippen LogP) is 2.39. The van der Waals surface area contributed by atoms with E-state index in [1.807, 2.05) is 0 Å². The molecular formula is C15H23BrN2O. The number of nitrogens with one attached hydrogen (secondary N) is 1. The fraction of sp³-hybridized carbons (Fsp3) is 0.600. The molecule has 0 saturated carbocycles. The number of nitrogens with zero attached hydrogens (tertiary/aromatic N) is 1. The zero-order valence-electron chi connectivity index (χ0n) is 11.7. The van der Waals surface area contributed by atoms with Gasteiger partial charge in [0.15, 0.2) is 0 Å². The number of rotatable bonds is 4. The first-order valence-corrected chi connectivity index (χ1v) is 7.75. The maximum Gasteiger partial charge on any atom is 0.0813 e. The molecule has 4 heteroatoms. The molecule has 0 aliphatic carbocycles. The molecule has 1 unspecified atom stereocenters. The number of aliphatic hydroxyl groups excluding tert-OH is 1. The van der Waals surface area contributed by atoms with Crippen LogP contribution in [0, 0.1) is 13.8 Å². The van der Waals surface area contributed by atoms with E-state index in [-0.39, 0.29) is 6.10 Å². The van der Waals surface area contributed by atoms with Gasteiger partial charge in [-0.3, -0.25) is 0 Å². The van der Waals surface area contributed by atoms with Crippen molar-refractivity contribution in [2.75, 3.05) is 32.7 Å². The van der Waals surface area contributed by atoms with Gasteiger partial charge in [0.1, 0.15) is 0 Å². The van der Waals surface area contributed by atoms with Crippen LogP contribution < -0.4 is 5.32 Å². The molecule has 1 fully saturated rings. The van der Waals surface area contributed by atoms with Crippen molar-refractivity contribution in [3.8, 4) is 0 Å². The third-order valence-electron chi connectivity index (χ3n) is 3.90. The average Bonchev–Trinajstić information content (AvgIpc) is 2.41. The zero-order valence-corrected chi connectivity index (χ0v) is 13.3. The van der Waals surface area contributed by atoms with Crippen LogP contribution in [0.3, 0.4) is 0 Å². The number of aryl methyl sites for hydroxylation is 2. The first-order chi connectivity index (χ1) is 9.08. The third-order valence-corrected chi connectivity index (χ3v) is 4.59. The molecule has 1 aromatic carbocycles. The van der Waals surface area contributed by atoms with Gasteiger partial charge in [0.2, 0.25) is 0 Å². The first-order valence-electron chi connectivity index (χ1n) is 6.95. The van der Waals surface area contributed by atoms with Crippen molar-refractivity contribution in [2.45, 2.75) is 26.4 Å². The van der Waals surface area contributed by atoms with Crippen LogP contribution in [0.2, 0.25) is 0 Å². The van der Waals surface area contributed by atoms with Crippen LogP contribution in [-0.4, -0.2) is 42.7 Å². The van der Waals surface area contributed by atoms with Crippen LogP contribution in [0.1, 0.15) is 29.2 Å². The second kappa shape index (κ2) is 6.84. The quantitative estimate of drug-likeness (QED) is 0.891. The Hall–Kier alpha value is -0.420.